The fourth-order valence-corrected chi connectivity index (χ4v) is 11.2. The largest absolute Gasteiger partial charge is 0.472 e. The summed E-state index contributed by atoms with van der Waals surface area (Å²) in [6.07, 6.45) is 94.3. The minimum absolute atomic E-state index is 0.00400. The molecule has 0 fully saturated rings. The van der Waals surface area contributed by atoms with Crippen molar-refractivity contribution in [3.8, 4) is 0 Å². The van der Waals surface area contributed by atoms with Gasteiger partial charge in [-0.3, -0.25) is 37.3 Å². The van der Waals surface area contributed by atoms with Crippen LogP contribution in [0.15, 0.2) is 194 Å². The molecule has 0 aliphatic carbocycles. The molecule has 106 heavy (non-hydrogen) atoms. The van der Waals surface area contributed by atoms with Crippen molar-refractivity contribution in [2.75, 3.05) is 39.6 Å². The highest BCUT2D eigenvalue weighted by atomic mass is 31.2. The predicted molar refractivity (Wildman–Crippen MR) is 436 cm³/mol. The van der Waals surface area contributed by atoms with Crippen molar-refractivity contribution < 1.29 is 80.2 Å². The molecule has 5 atom stereocenters. The number of carbonyl (C=O) groups is 4. The molecular formula is C87H138O17P2. The maximum atomic E-state index is 13.1. The molecule has 5 unspecified atom stereocenters. The van der Waals surface area contributed by atoms with Crippen molar-refractivity contribution in [3.05, 3.63) is 194 Å². The molecule has 598 valence electrons. The first-order chi connectivity index (χ1) is 51.7. The van der Waals surface area contributed by atoms with Gasteiger partial charge in [-0.1, -0.05) is 273 Å². The van der Waals surface area contributed by atoms with Gasteiger partial charge in [0.25, 0.3) is 0 Å². The molecule has 19 heteroatoms. The molecule has 0 heterocycles. The summed E-state index contributed by atoms with van der Waals surface area (Å²) in [4.78, 5) is 73.0. The quantitative estimate of drug-likeness (QED) is 0.0169. The van der Waals surface area contributed by atoms with Crippen LogP contribution < -0.4 is 0 Å². The summed E-state index contributed by atoms with van der Waals surface area (Å²) in [5, 5.41) is 10.6. The molecule has 0 aromatic carbocycles. The third kappa shape index (κ3) is 76.1. The number of hydrogen-bond donors (Lipinski definition) is 3. The monoisotopic (exact) mass is 1520 g/mol. The summed E-state index contributed by atoms with van der Waals surface area (Å²) in [5.41, 5.74) is 0. The van der Waals surface area contributed by atoms with Crippen molar-refractivity contribution in [3.63, 3.8) is 0 Å². The van der Waals surface area contributed by atoms with Gasteiger partial charge in [-0.2, -0.15) is 0 Å². The van der Waals surface area contributed by atoms with Crippen LogP contribution in [0.5, 0.6) is 0 Å². The van der Waals surface area contributed by atoms with Crippen molar-refractivity contribution in [1.82, 2.24) is 0 Å². The molecule has 0 amide bonds. The molecule has 0 spiro atoms. The summed E-state index contributed by atoms with van der Waals surface area (Å²) >= 11 is 0. The molecular weight excluding hydrogens is 1380 g/mol. The topological polar surface area (TPSA) is 237 Å². The molecule has 0 saturated heterocycles. The number of aliphatic hydroxyl groups excluding tert-OH is 1. The van der Waals surface area contributed by atoms with Crippen molar-refractivity contribution in [2.24, 2.45) is 0 Å². The number of carbonyl (C=O) groups excluding carboxylic acids is 4. The number of phosphoric acid groups is 2. The zero-order valence-corrected chi connectivity index (χ0v) is 67.1. The van der Waals surface area contributed by atoms with E-state index in [9.17, 15) is 43.2 Å². The van der Waals surface area contributed by atoms with E-state index in [1.54, 1.807) is 0 Å². The Kier molecular flexibility index (Phi) is 72.6. The summed E-state index contributed by atoms with van der Waals surface area (Å²) in [7, 11) is -10.0. The van der Waals surface area contributed by atoms with Gasteiger partial charge >= 0.3 is 39.5 Å². The van der Waals surface area contributed by atoms with Gasteiger partial charge in [-0.05, 0) is 167 Å². The average molecular weight is 1520 g/mol. The number of allylic oxidation sites excluding steroid dienone is 32. The van der Waals surface area contributed by atoms with Gasteiger partial charge in [0.1, 0.15) is 19.3 Å². The van der Waals surface area contributed by atoms with E-state index in [0.717, 1.165) is 180 Å². The lowest BCUT2D eigenvalue weighted by molar-refractivity contribution is -0.161. The molecule has 0 aliphatic rings. The molecule has 0 radical (unpaired) electrons. The van der Waals surface area contributed by atoms with Gasteiger partial charge in [0.15, 0.2) is 12.2 Å². The molecule has 0 rings (SSSR count). The molecule has 3 N–H and O–H groups in total. The third-order valence-electron chi connectivity index (χ3n) is 15.5. The number of unbranched alkanes of at least 4 members (excludes halogenated alkanes) is 14. The van der Waals surface area contributed by atoms with Crippen LogP contribution in [0.4, 0.5) is 0 Å². The van der Waals surface area contributed by atoms with Crippen molar-refractivity contribution in [1.29, 1.82) is 0 Å². The second-order valence-corrected chi connectivity index (χ2v) is 28.4. The van der Waals surface area contributed by atoms with Crippen molar-refractivity contribution >= 4 is 39.5 Å². The summed E-state index contributed by atoms with van der Waals surface area (Å²) < 4.78 is 68.5. The van der Waals surface area contributed by atoms with Gasteiger partial charge in [-0.15, -0.1) is 0 Å². The zero-order valence-electron chi connectivity index (χ0n) is 65.3. The number of ether oxygens (including phenoxy) is 4. The Morgan fingerprint density at radius 3 is 0.802 bits per heavy atom. The smallest absolute Gasteiger partial charge is 0.462 e. The Morgan fingerprint density at radius 2 is 0.500 bits per heavy atom. The Bertz CT molecular complexity index is 2780. The Hall–Kier alpha value is -6.10. The van der Waals surface area contributed by atoms with E-state index < -0.39 is 97.5 Å². The lowest BCUT2D eigenvalue weighted by Gasteiger charge is -2.21. The maximum Gasteiger partial charge on any atom is 0.472 e. The van der Waals surface area contributed by atoms with Gasteiger partial charge in [0.05, 0.1) is 26.4 Å². The first-order valence-electron chi connectivity index (χ1n) is 39.7. The van der Waals surface area contributed by atoms with E-state index in [2.05, 4.69) is 198 Å². The van der Waals surface area contributed by atoms with Crippen molar-refractivity contribution in [2.45, 2.75) is 290 Å². The normalized spacial score (nSPS) is 14.9. The molecule has 0 aromatic heterocycles. The van der Waals surface area contributed by atoms with Crippen LogP contribution in [0, 0.1) is 0 Å². The van der Waals surface area contributed by atoms with Crippen LogP contribution in [0.3, 0.4) is 0 Å². The molecule has 0 aromatic rings. The van der Waals surface area contributed by atoms with Crippen LogP contribution >= 0.6 is 15.6 Å². The highest BCUT2D eigenvalue weighted by Crippen LogP contribution is 2.45. The minimum Gasteiger partial charge on any atom is -0.462 e. The van der Waals surface area contributed by atoms with Gasteiger partial charge in [-0.25, -0.2) is 9.13 Å². The van der Waals surface area contributed by atoms with E-state index in [-0.39, 0.29) is 25.7 Å². The number of aliphatic hydroxyl groups is 1. The van der Waals surface area contributed by atoms with Gasteiger partial charge in [0.2, 0.25) is 0 Å². The first kappa shape index (κ1) is 99.9. The van der Waals surface area contributed by atoms with E-state index in [1.807, 2.05) is 24.3 Å². The van der Waals surface area contributed by atoms with Gasteiger partial charge < -0.3 is 33.8 Å². The highest BCUT2D eigenvalue weighted by molar-refractivity contribution is 7.47. The Labute approximate surface area is 640 Å². The predicted octanol–water partition coefficient (Wildman–Crippen LogP) is 23.3. The van der Waals surface area contributed by atoms with E-state index in [0.29, 0.717) is 38.5 Å². The maximum absolute atomic E-state index is 13.1. The highest BCUT2D eigenvalue weighted by Gasteiger charge is 2.30. The van der Waals surface area contributed by atoms with Crippen LogP contribution in [0.1, 0.15) is 272 Å². The fraction of sp³-hybridized carbons (Fsp3) is 0.586. The van der Waals surface area contributed by atoms with E-state index >= 15 is 0 Å². The minimum atomic E-state index is -5.02. The fourth-order valence-electron chi connectivity index (χ4n) is 9.61. The Morgan fingerprint density at radius 1 is 0.274 bits per heavy atom. The van der Waals surface area contributed by atoms with E-state index in [4.69, 9.17) is 37.0 Å². The average Bonchev–Trinajstić information content (AvgIpc) is 0.902. The zero-order chi connectivity index (χ0) is 77.4. The molecule has 17 nitrogen and oxygen atoms in total. The number of rotatable bonds is 72. The van der Waals surface area contributed by atoms with Crippen LogP contribution in [-0.4, -0.2) is 96.7 Å². The number of phosphoric ester groups is 2. The van der Waals surface area contributed by atoms with Gasteiger partial charge in [0, 0.05) is 25.7 Å². The van der Waals surface area contributed by atoms with Crippen LogP contribution in [0.25, 0.3) is 0 Å². The first-order valence-corrected chi connectivity index (χ1v) is 42.7. The summed E-state index contributed by atoms with van der Waals surface area (Å²) in [6.45, 7) is 4.27. The molecule has 0 bridgehead atoms. The lowest BCUT2D eigenvalue weighted by atomic mass is 10.1. The van der Waals surface area contributed by atoms with Crippen LogP contribution in [-0.2, 0) is 65.4 Å². The third-order valence-corrected chi connectivity index (χ3v) is 17.4. The SMILES string of the molecule is CC/C=C\C/C=C\C/C=C\C/C=C\C/C=C\CCCC(=O)OCC(COP(=O)(O)OCC(O)COP(=O)(O)OCC(COC(=O)CCCCCCCC/C=C\C/C=C\C/C=C\C/C=C\CC)OC(=O)CCCCCCC/C=C\C/C=C\CCC)OC(=O)CCC/C=C\C/C=C\C/C=C\C/C=C\C/C=C\CC. The Balaban J connectivity index is 5.49. The molecule has 0 aliphatic heterocycles. The number of hydrogen-bond acceptors (Lipinski definition) is 15. The second kappa shape index (κ2) is 77.1. The number of esters is 4. The summed E-state index contributed by atoms with van der Waals surface area (Å²) in [5.74, 6) is -2.36. The standard InChI is InChI=1S/C87H138O17P2/c1-5-9-13-17-21-25-29-33-36-39-40-43-45-49-52-56-60-64-68-72-85(90)97-77-82(103-86(91)73-69-65-61-57-53-47-32-28-24-20-16-12-8-4)79-101-105(93,94)99-75-81(88)76-100-106(95,96)102-80-83(104-87(92)74-70-66-62-58-54-50-46-42-38-35-31-27-23-19-15-11-7-3)78-98-84(89)71-67-63-59-55-51-48-44-41-37-34-30-26-22-18-14-10-6-2/h9-11,13-16,20-23,25-28,32-38,40,43-44,46,48,50,55,58-59,62,81-83,88H,5-8,12,17-19,24,29-31,39,41-42,45,47,49,51-54,56-57,60-61,63-80H2,1-4H3,(H,93,94)(H,95,96)/b13-9-,14-10-,15-11-,20-16-,25-21-,26-22-,27-23-,32-28-,36-33-,37-34-,38-35-,43-40-,48-44-,50-46-,59-55-,62-58-. The second-order valence-electron chi connectivity index (χ2n) is 25.5. The molecule has 0 saturated carbocycles. The summed E-state index contributed by atoms with van der Waals surface area (Å²) in [6, 6.07) is 0. The van der Waals surface area contributed by atoms with E-state index in [1.165, 1.54) is 0 Å². The lowest BCUT2D eigenvalue weighted by Crippen LogP contribution is -2.30. The van der Waals surface area contributed by atoms with Crippen LogP contribution in [0.2, 0.25) is 0 Å².